The Morgan fingerprint density at radius 2 is 2.10 bits per heavy atom. The second-order valence-corrected chi connectivity index (χ2v) is 6.86. The highest BCUT2D eigenvalue weighted by Crippen LogP contribution is 2.42. The van der Waals surface area contributed by atoms with Crippen molar-refractivity contribution in [1.82, 2.24) is 20.1 Å². The summed E-state index contributed by atoms with van der Waals surface area (Å²) < 4.78 is 3.64. The monoisotopic (exact) mass is 296 g/mol. The molecule has 0 radical (unpaired) electrons. The van der Waals surface area contributed by atoms with E-state index >= 15 is 0 Å². The van der Waals surface area contributed by atoms with Crippen LogP contribution in [0.25, 0.3) is 21.5 Å². The topological polar surface area (TPSA) is 42.7 Å². The molecule has 3 aromatic rings. The maximum atomic E-state index is 4.53. The van der Waals surface area contributed by atoms with E-state index in [1.165, 1.54) is 28.5 Å². The maximum absolute atomic E-state index is 4.53. The van der Waals surface area contributed by atoms with Gasteiger partial charge in [-0.3, -0.25) is 0 Å². The number of hydrogen-bond acceptors (Lipinski definition) is 4. The van der Waals surface area contributed by atoms with E-state index in [1.54, 1.807) is 11.3 Å². The van der Waals surface area contributed by atoms with E-state index in [0.29, 0.717) is 6.04 Å². The first-order valence-corrected chi connectivity index (χ1v) is 8.43. The molecule has 3 heterocycles. The number of rotatable bonds is 2. The van der Waals surface area contributed by atoms with Crippen molar-refractivity contribution in [3.05, 3.63) is 35.5 Å². The van der Waals surface area contributed by atoms with Crippen molar-refractivity contribution < 1.29 is 0 Å². The van der Waals surface area contributed by atoms with Gasteiger partial charge in [0.2, 0.25) is 0 Å². The Hall–Kier alpha value is -1.72. The lowest BCUT2D eigenvalue weighted by atomic mass is 10.1. The average molecular weight is 296 g/mol. The fourth-order valence-corrected chi connectivity index (χ4v) is 4.29. The molecule has 1 atom stereocenters. The molecule has 21 heavy (non-hydrogen) atoms. The standard InChI is InChI=1S/C16H16N4S/c1-2-4-13-11(3-1)12(9-21-13)15-18-19-16-14(10-5-6-10)17-7-8-20(15)16/h1-4,9-10,14,17H,5-8H2. The van der Waals surface area contributed by atoms with Crippen LogP contribution >= 0.6 is 11.3 Å². The van der Waals surface area contributed by atoms with Crippen LogP contribution < -0.4 is 5.32 Å². The van der Waals surface area contributed by atoms with Crippen LogP contribution in [0.5, 0.6) is 0 Å². The molecule has 1 fully saturated rings. The summed E-state index contributed by atoms with van der Waals surface area (Å²) in [6, 6.07) is 8.95. The van der Waals surface area contributed by atoms with E-state index in [1.807, 2.05) is 0 Å². The molecule has 1 N–H and O–H groups in total. The summed E-state index contributed by atoms with van der Waals surface area (Å²) in [6.45, 7) is 1.98. The fraction of sp³-hybridized carbons (Fsp3) is 0.375. The first-order valence-electron chi connectivity index (χ1n) is 7.55. The van der Waals surface area contributed by atoms with E-state index < -0.39 is 0 Å². The Balaban J connectivity index is 1.67. The zero-order chi connectivity index (χ0) is 13.8. The maximum Gasteiger partial charge on any atom is 0.165 e. The van der Waals surface area contributed by atoms with E-state index in [2.05, 4.69) is 49.7 Å². The van der Waals surface area contributed by atoms with E-state index in [0.717, 1.165) is 30.7 Å². The van der Waals surface area contributed by atoms with Crippen LogP contribution in [-0.2, 0) is 6.54 Å². The third-order valence-corrected chi connectivity index (χ3v) is 5.54. The molecule has 0 saturated heterocycles. The minimum absolute atomic E-state index is 0.407. The van der Waals surface area contributed by atoms with Gasteiger partial charge in [0.05, 0.1) is 6.04 Å². The van der Waals surface area contributed by atoms with E-state index in [-0.39, 0.29) is 0 Å². The molecule has 5 heteroatoms. The van der Waals surface area contributed by atoms with Crippen molar-refractivity contribution in [2.45, 2.75) is 25.4 Å². The number of nitrogens with zero attached hydrogens (tertiary/aromatic N) is 3. The Labute approximate surface area is 126 Å². The molecule has 0 spiro atoms. The zero-order valence-electron chi connectivity index (χ0n) is 11.6. The third-order valence-electron chi connectivity index (χ3n) is 4.57. The average Bonchev–Trinajstić information content (AvgIpc) is 3.14. The lowest BCUT2D eigenvalue weighted by Crippen LogP contribution is -2.35. The molecule has 4 nitrogen and oxygen atoms in total. The van der Waals surface area contributed by atoms with Gasteiger partial charge in [0, 0.05) is 34.1 Å². The Morgan fingerprint density at radius 3 is 3.00 bits per heavy atom. The number of thiophene rings is 1. The highest BCUT2D eigenvalue weighted by Gasteiger charge is 2.37. The fourth-order valence-electron chi connectivity index (χ4n) is 3.35. The van der Waals surface area contributed by atoms with Crippen LogP contribution in [0.15, 0.2) is 29.6 Å². The predicted molar refractivity (Wildman–Crippen MR) is 84.3 cm³/mol. The minimum atomic E-state index is 0.407. The number of nitrogens with one attached hydrogen (secondary N) is 1. The third kappa shape index (κ3) is 1.77. The van der Waals surface area contributed by atoms with Crippen LogP contribution in [0.3, 0.4) is 0 Å². The second kappa shape index (κ2) is 4.39. The molecule has 2 aliphatic rings. The highest BCUT2D eigenvalue weighted by atomic mass is 32.1. The Morgan fingerprint density at radius 1 is 1.19 bits per heavy atom. The molecule has 5 rings (SSSR count). The van der Waals surface area contributed by atoms with Gasteiger partial charge >= 0.3 is 0 Å². The van der Waals surface area contributed by atoms with Gasteiger partial charge in [-0.05, 0) is 24.8 Å². The Kier molecular flexibility index (Phi) is 2.48. The van der Waals surface area contributed by atoms with Gasteiger partial charge in [-0.15, -0.1) is 21.5 Å². The van der Waals surface area contributed by atoms with E-state index in [9.17, 15) is 0 Å². The largest absolute Gasteiger partial charge is 0.308 e. The van der Waals surface area contributed by atoms with Crippen LogP contribution in [0.4, 0.5) is 0 Å². The van der Waals surface area contributed by atoms with Gasteiger partial charge in [0.25, 0.3) is 0 Å². The minimum Gasteiger partial charge on any atom is -0.308 e. The summed E-state index contributed by atoms with van der Waals surface area (Å²) in [6.07, 6.45) is 2.64. The molecule has 2 aromatic heterocycles. The normalized spacial score (nSPS) is 21.6. The second-order valence-electron chi connectivity index (χ2n) is 5.95. The summed E-state index contributed by atoms with van der Waals surface area (Å²) in [7, 11) is 0. The SMILES string of the molecule is c1ccc2c(-c3nnc4n3CCNC4C3CC3)csc2c1. The molecule has 106 valence electrons. The molecule has 1 saturated carbocycles. The van der Waals surface area contributed by atoms with Crippen molar-refractivity contribution in [2.75, 3.05) is 6.54 Å². The lowest BCUT2D eigenvalue weighted by molar-refractivity contribution is 0.383. The first kappa shape index (κ1) is 11.9. The van der Waals surface area contributed by atoms with E-state index in [4.69, 9.17) is 0 Å². The molecule has 1 aliphatic heterocycles. The van der Waals surface area contributed by atoms with Gasteiger partial charge < -0.3 is 9.88 Å². The van der Waals surface area contributed by atoms with Gasteiger partial charge in [-0.2, -0.15) is 0 Å². The van der Waals surface area contributed by atoms with Crippen LogP contribution in [0, 0.1) is 5.92 Å². The molecule has 1 aliphatic carbocycles. The molecule has 0 amide bonds. The van der Waals surface area contributed by atoms with Crippen LogP contribution in [-0.4, -0.2) is 21.3 Å². The molecule has 1 unspecified atom stereocenters. The number of hydrogen-bond donors (Lipinski definition) is 1. The van der Waals surface area contributed by atoms with Gasteiger partial charge in [0.15, 0.2) is 11.6 Å². The Bertz CT molecular complexity index is 815. The van der Waals surface area contributed by atoms with Crippen molar-refractivity contribution in [2.24, 2.45) is 5.92 Å². The summed E-state index contributed by atoms with van der Waals surface area (Å²) in [5, 5.41) is 16.2. The van der Waals surface area contributed by atoms with Crippen molar-refractivity contribution in [3.8, 4) is 11.4 Å². The summed E-state index contributed by atoms with van der Waals surface area (Å²) in [5.74, 6) is 2.93. The molecular weight excluding hydrogens is 280 g/mol. The highest BCUT2D eigenvalue weighted by molar-refractivity contribution is 7.17. The van der Waals surface area contributed by atoms with Crippen LogP contribution in [0.2, 0.25) is 0 Å². The summed E-state index contributed by atoms with van der Waals surface area (Å²) in [4.78, 5) is 0. The van der Waals surface area contributed by atoms with Crippen molar-refractivity contribution >= 4 is 21.4 Å². The van der Waals surface area contributed by atoms with Crippen molar-refractivity contribution in [3.63, 3.8) is 0 Å². The molecule has 1 aromatic carbocycles. The smallest absolute Gasteiger partial charge is 0.165 e. The van der Waals surface area contributed by atoms with Crippen molar-refractivity contribution in [1.29, 1.82) is 0 Å². The van der Waals surface area contributed by atoms with Gasteiger partial charge in [-0.25, -0.2) is 0 Å². The van der Waals surface area contributed by atoms with Gasteiger partial charge in [0.1, 0.15) is 0 Å². The number of fused-ring (bicyclic) bond motifs is 2. The zero-order valence-corrected chi connectivity index (χ0v) is 12.4. The molecule has 0 bridgehead atoms. The summed E-state index contributed by atoms with van der Waals surface area (Å²) >= 11 is 1.79. The predicted octanol–water partition coefficient (Wildman–Crippen LogP) is 3.21. The lowest BCUT2D eigenvalue weighted by Gasteiger charge is -2.24. The molecular formula is C16H16N4S. The number of benzene rings is 1. The van der Waals surface area contributed by atoms with Gasteiger partial charge in [-0.1, -0.05) is 18.2 Å². The first-order chi connectivity index (χ1) is 10.4. The van der Waals surface area contributed by atoms with Crippen LogP contribution in [0.1, 0.15) is 24.7 Å². The quantitative estimate of drug-likeness (QED) is 0.789. The summed E-state index contributed by atoms with van der Waals surface area (Å²) in [5.41, 5.74) is 1.23. The number of aromatic nitrogens is 3.